The Morgan fingerprint density at radius 2 is 1.94 bits per heavy atom. The minimum absolute atomic E-state index is 0.128. The van der Waals surface area contributed by atoms with Crippen LogP contribution in [0.1, 0.15) is 35.2 Å². The molecule has 7 nitrogen and oxygen atoms in total. The Bertz CT molecular complexity index is 898. The average Bonchev–Trinajstić information content (AvgIpc) is 3.01. The van der Waals surface area contributed by atoms with Crippen molar-refractivity contribution >= 4 is 29.1 Å². The molecule has 0 bridgehead atoms. The first-order valence-electron chi connectivity index (χ1n) is 11.0. The van der Waals surface area contributed by atoms with E-state index >= 15 is 0 Å². The van der Waals surface area contributed by atoms with Crippen LogP contribution in [0.3, 0.4) is 0 Å². The lowest BCUT2D eigenvalue weighted by Crippen LogP contribution is -2.68. The topological polar surface area (TPSA) is 71.1 Å². The van der Waals surface area contributed by atoms with Crippen LogP contribution in [0.2, 0.25) is 0 Å². The number of rotatable bonds is 3. The van der Waals surface area contributed by atoms with Crippen LogP contribution in [0.25, 0.3) is 0 Å². The predicted octanol–water partition coefficient (Wildman–Crippen LogP) is 2.98. The second-order valence-corrected chi connectivity index (χ2v) is 9.11. The van der Waals surface area contributed by atoms with Gasteiger partial charge >= 0.3 is 6.18 Å². The van der Waals surface area contributed by atoms with Gasteiger partial charge in [-0.3, -0.25) is 14.5 Å². The molecule has 0 radical (unpaired) electrons. The van der Waals surface area contributed by atoms with Gasteiger partial charge in [-0.1, -0.05) is 6.42 Å². The number of morpholine rings is 1. The van der Waals surface area contributed by atoms with Gasteiger partial charge in [-0.2, -0.15) is 13.2 Å². The Morgan fingerprint density at radius 1 is 1.15 bits per heavy atom. The van der Waals surface area contributed by atoms with Gasteiger partial charge in [0.1, 0.15) is 5.88 Å². The van der Waals surface area contributed by atoms with Crippen LogP contribution >= 0.6 is 11.6 Å². The Kier molecular flexibility index (Phi) is 7.18. The largest absolute Gasteiger partial charge is 0.416 e. The summed E-state index contributed by atoms with van der Waals surface area (Å²) in [7, 11) is 0. The maximum absolute atomic E-state index is 13.5. The summed E-state index contributed by atoms with van der Waals surface area (Å²) in [5, 5.41) is 2.31. The number of nitrogens with zero attached hydrogens (tertiary/aromatic N) is 2. The minimum Gasteiger partial charge on any atom is -0.378 e. The zero-order valence-corrected chi connectivity index (χ0v) is 18.9. The third kappa shape index (κ3) is 5.29. The molecule has 4 rings (SSSR count). The predicted molar refractivity (Wildman–Crippen MR) is 115 cm³/mol. The average molecular weight is 490 g/mol. The Morgan fingerprint density at radius 3 is 2.70 bits per heavy atom. The lowest BCUT2D eigenvalue weighted by atomic mass is 9.89. The molecule has 0 aliphatic carbocycles. The Labute approximate surface area is 195 Å². The minimum atomic E-state index is -4.68. The van der Waals surface area contributed by atoms with Gasteiger partial charge in [0, 0.05) is 30.4 Å². The molecule has 11 heteroatoms. The molecule has 2 atom stereocenters. The first kappa shape index (κ1) is 24.3. The molecular formula is C22H27ClF3N3O4. The number of piperidine rings is 1. The van der Waals surface area contributed by atoms with Gasteiger partial charge in [-0.05, 0) is 37.6 Å². The number of nitrogens with one attached hydrogen (secondary N) is 1. The lowest BCUT2D eigenvalue weighted by molar-refractivity contribution is -0.140. The number of amides is 2. The van der Waals surface area contributed by atoms with Gasteiger partial charge in [0.2, 0.25) is 5.91 Å². The maximum Gasteiger partial charge on any atom is 0.416 e. The smallest absolute Gasteiger partial charge is 0.378 e. The fraction of sp³-hybridized carbons (Fsp3) is 0.636. The van der Waals surface area contributed by atoms with E-state index in [0.717, 1.165) is 37.9 Å². The van der Waals surface area contributed by atoms with Crippen molar-refractivity contribution in [3.63, 3.8) is 0 Å². The van der Waals surface area contributed by atoms with E-state index in [4.69, 9.17) is 21.1 Å². The summed E-state index contributed by atoms with van der Waals surface area (Å²) in [6.07, 6.45) is -1.51. The van der Waals surface area contributed by atoms with Crippen molar-refractivity contribution in [1.29, 1.82) is 0 Å². The van der Waals surface area contributed by atoms with Crippen molar-refractivity contribution in [2.24, 2.45) is 0 Å². The van der Waals surface area contributed by atoms with E-state index in [2.05, 4.69) is 10.2 Å². The third-order valence-corrected chi connectivity index (χ3v) is 6.72. The van der Waals surface area contributed by atoms with E-state index in [1.807, 2.05) is 0 Å². The van der Waals surface area contributed by atoms with Crippen molar-refractivity contribution < 1.29 is 32.2 Å². The zero-order valence-electron chi connectivity index (χ0n) is 18.1. The molecule has 0 aromatic heterocycles. The fourth-order valence-electron chi connectivity index (χ4n) is 4.98. The van der Waals surface area contributed by atoms with Crippen molar-refractivity contribution in [1.82, 2.24) is 9.80 Å². The van der Waals surface area contributed by atoms with E-state index in [9.17, 15) is 22.8 Å². The van der Waals surface area contributed by atoms with Crippen LogP contribution in [-0.2, 0) is 20.4 Å². The van der Waals surface area contributed by atoms with Crippen molar-refractivity contribution in [2.45, 2.75) is 37.0 Å². The molecule has 1 N–H and O–H groups in total. The van der Waals surface area contributed by atoms with Gasteiger partial charge in [0.05, 0.1) is 37.5 Å². The van der Waals surface area contributed by atoms with Gasteiger partial charge in [0.25, 0.3) is 5.91 Å². The number of anilines is 1. The maximum atomic E-state index is 13.5. The first-order valence-corrected chi connectivity index (χ1v) is 11.5. The highest BCUT2D eigenvalue weighted by atomic mass is 35.5. The summed E-state index contributed by atoms with van der Waals surface area (Å²) in [4.78, 5) is 29.0. The quantitative estimate of drug-likeness (QED) is 0.661. The van der Waals surface area contributed by atoms with Crippen LogP contribution in [0, 0.1) is 0 Å². The molecule has 0 saturated carbocycles. The highest BCUT2D eigenvalue weighted by Crippen LogP contribution is 2.35. The lowest BCUT2D eigenvalue weighted by Gasteiger charge is -2.53. The molecule has 3 aliphatic heterocycles. The number of carbonyl (C=O) groups excluding carboxylic acids is 2. The van der Waals surface area contributed by atoms with Crippen LogP contribution in [0.4, 0.5) is 18.9 Å². The third-order valence-electron chi connectivity index (χ3n) is 6.48. The SMILES string of the molecule is O=C(CCl)Nc1cc(C(=O)N2CCOC[C@]3(COC[C@H]4CCCCN43)C2)cc(C(F)(F)F)c1. The van der Waals surface area contributed by atoms with Crippen LogP contribution in [0.5, 0.6) is 0 Å². The molecule has 3 aliphatic rings. The number of ether oxygens (including phenoxy) is 2. The molecular weight excluding hydrogens is 463 g/mol. The number of fused-ring (bicyclic) bond motifs is 2. The summed E-state index contributed by atoms with van der Waals surface area (Å²) in [6.45, 7) is 3.12. The van der Waals surface area contributed by atoms with E-state index in [0.29, 0.717) is 26.4 Å². The molecule has 1 aromatic carbocycles. The number of carbonyl (C=O) groups is 2. The first-order chi connectivity index (χ1) is 15.7. The number of hydrogen-bond acceptors (Lipinski definition) is 5. The molecule has 1 spiro atoms. The molecule has 3 heterocycles. The number of halogens is 4. The van der Waals surface area contributed by atoms with Gasteiger partial charge < -0.3 is 19.7 Å². The number of benzene rings is 1. The van der Waals surface area contributed by atoms with Gasteiger partial charge in [-0.25, -0.2) is 0 Å². The van der Waals surface area contributed by atoms with Crippen molar-refractivity contribution in [3.05, 3.63) is 29.3 Å². The molecule has 0 unspecified atom stereocenters. The summed E-state index contributed by atoms with van der Waals surface area (Å²) < 4.78 is 52.3. The molecule has 2 amide bonds. The monoisotopic (exact) mass is 489 g/mol. The molecule has 3 fully saturated rings. The zero-order chi connectivity index (χ0) is 23.6. The molecule has 182 valence electrons. The Hall–Kier alpha value is -1.88. The highest BCUT2D eigenvalue weighted by Gasteiger charge is 2.48. The summed E-state index contributed by atoms with van der Waals surface area (Å²) in [5.74, 6) is -1.62. The standard InChI is InChI=1S/C22H27ClF3N3O4/c23-10-19(30)27-17-8-15(7-16(9-17)22(24,25)26)20(31)28-5-6-32-13-21(12-28)14-33-11-18-3-1-2-4-29(18)21/h7-9,18H,1-6,10-14H2,(H,27,30)/t18-,21+/m1/s1. The summed E-state index contributed by atoms with van der Waals surface area (Å²) in [5.41, 5.74) is -1.83. The van der Waals surface area contributed by atoms with Gasteiger partial charge in [-0.15, -0.1) is 11.6 Å². The highest BCUT2D eigenvalue weighted by molar-refractivity contribution is 6.29. The number of hydrogen-bond donors (Lipinski definition) is 1. The van der Waals surface area contributed by atoms with Crippen LogP contribution < -0.4 is 5.32 Å². The second-order valence-electron chi connectivity index (χ2n) is 8.84. The second kappa shape index (κ2) is 9.77. The van der Waals surface area contributed by atoms with Crippen LogP contribution in [0.15, 0.2) is 18.2 Å². The normalized spacial score (nSPS) is 26.5. The Balaban J connectivity index is 1.63. The summed E-state index contributed by atoms with van der Waals surface area (Å²) >= 11 is 5.47. The van der Waals surface area contributed by atoms with E-state index in [1.54, 1.807) is 0 Å². The van der Waals surface area contributed by atoms with E-state index in [1.165, 1.54) is 11.0 Å². The van der Waals surface area contributed by atoms with Crippen molar-refractivity contribution in [2.75, 3.05) is 57.3 Å². The number of alkyl halides is 4. The van der Waals surface area contributed by atoms with Crippen molar-refractivity contribution in [3.8, 4) is 0 Å². The van der Waals surface area contributed by atoms with Crippen LogP contribution in [-0.4, -0.2) is 85.1 Å². The summed E-state index contributed by atoms with van der Waals surface area (Å²) in [6, 6.07) is 3.11. The molecule has 3 saturated heterocycles. The van der Waals surface area contributed by atoms with E-state index < -0.39 is 35.0 Å². The molecule has 1 aromatic rings. The fourth-order valence-corrected chi connectivity index (χ4v) is 5.05. The molecule has 33 heavy (non-hydrogen) atoms. The van der Waals surface area contributed by atoms with Gasteiger partial charge in [0.15, 0.2) is 0 Å². The van der Waals surface area contributed by atoms with E-state index in [-0.39, 0.29) is 30.4 Å².